The molecule has 1 aromatic rings. The Hall–Kier alpha value is -1.35. The molecule has 0 atom stereocenters. The molecule has 4 saturated carbocycles. The highest BCUT2D eigenvalue weighted by molar-refractivity contribution is 6.31. The summed E-state index contributed by atoms with van der Waals surface area (Å²) in [6, 6.07) is 5.63. The Bertz CT molecular complexity index is 775. The van der Waals surface area contributed by atoms with Gasteiger partial charge in [-0.1, -0.05) is 11.6 Å². The monoisotopic (exact) mass is 371 g/mol. The van der Waals surface area contributed by atoms with E-state index in [9.17, 15) is 4.79 Å². The van der Waals surface area contributed by atoms with Gasteiger partial charge in [0.25, 0.3) is 0 Å². The van der Waals surface area contributed by atoms with Gasteiger partial charge in [0, 0.05) is 22.4 Å². The van der Waals surface area contributed by atoms with Crippen LogP contribution in [0.25, 0.3) is 0 Å². The van der Waals surface area contributed by atoms with Crippen LogP contribution >= 0.6 is 11.6 Å². The van der Waals surface area contributed by atoms with Crippen LogP contribution in [-0.4, -0.2) is 17.2 Å². The summed E-state index contributed by atoms with van der Waals surface area (Å²) in [6.07, 6.45) is 7.82. The topological polar surface area (TPSA) is 38.7 Å². The Balaban J connectivity index is 1.45. The Kier molecular flexibility index (Phi) is 3.60. The first-order valence-corrected chi connectivity index (χ1v) is 10.3. The molecule has 0 radical (unpaired) electrons. The molecule has 5 aliphatic rings. The Morgan fingerprint density at radius 3 is 2.38 bits per heavy atom. The minimum atomic E-state index is -0.658. The zero-order valence-electron chi connectivity index (χ0n) is 15.6. The molecule has 3 nitrogen and oxygen atoms in total. The van der Waals surface area contributed by atoms with Crippen molar-refractivity contribution in [1.82, 2.24) is 0 Å². The van der Waals surface area contributed by atoms with Gasteiger partial charge in [0.1, 0.15) is 11.5 Å². The minimum Gasteiger partial charge on any atom is -0.466 e. The summed E-state index contributed by atoms with van der Waals surface area (Å²) in [4.78, 5) is 18.3. The molecule has 0 spiro atoms. The second kappa shape index (κ2) is 5.58. The van der Waals surface area contributed by atoms with Gasteiger partial charge in [-0.2, -0.15) is 0 Å². The summed E-state index contributed by atoms with van der Waals surface area (Å²) in [5.74, 6) is 3.50. The second-order valence-corrected chi connectivity index (χ2v) is 9.98. The van der Waals surface area contributed by atoms with Crippen molar-refractivity contribution < 1.29 is 9.53 Å². The number of Topliss-reactive ketones (excluding diaryl/α,β-unsaturated/α-hetero) is 1. The number of ether oxygens (including phenoxy) is 1. The van der Waals surface area contributed by atoms with Crippen LogP contribution in [0.5, 0.6) is 5.75 Å². The molecule has 4 heteroatoms. The van der Waals surface area contributed by atoms with E-state index >= 15 is 0 Å². The lowest BCUT2D eigenvalue weighted by molar-refractivity contribution is -0.142. The predicted octanol–water partition coefficient (Wildman–Crippen LogP) is 5.43. The molecule has 1 heterocycles. The van der Waals surface area contributed by atoms with Crippen LogP contribution in [0.2, 0.25) is 5.02 Å². The number of hydrogen-bond acceptors (Lipinski definition) is 3. The summed E-state index contributed by atoms with van der Waals surface area (Å²) >= 11 is 6.15. The highest BCUT2D eigenvalue weighted by atomic mass is 35.5. The first-order chi connectivity index (χ1) is 12.3. The first kappa shape index (κ1) is 16.8. The molecule has 1 aliphatic heterocycles. The molecule has 0 unspecified atom stereocenters. The van der Waals surface area contributed by atoms with E-state index in [0.717, 1.165) is 54.0 Å². The Labute approximate surface area is 160 Å². The number of hydrogen-bond donors (Lipinski definition) is 0. The van der Waals surface area contributed by atoms with E-state index in [-0.39, 0.29) is 5.41 Å². The van der Waals surface area contributed by atoms with Gasteiger partial charge in [0.2, 0.25) is 0 Å². The summed E-state index contributed by atoms with van der Waals surface area (Å²) in [5.41, 5.74) is 1.06. The van der Waals surface area contributed by atoms with Crippen molar-refractivity contribution in [2.45, 2.75) is 64.5 Å². The summed E-state index contributed by atoms with van der Waals surface area (Å²) in [5, 5.41) is 0.646. The second-order valence-electron chi connectivity index (χ2n) is 9.55. The molecular formula is C22H26ClNO2. The van der Waals surface area contributed by atoms with Gasteiger partial charge in [-0.15, -0.1) is 0 Å². The Morgan fingerprint density at radius 2 is 1.77 bits per heavy atom. The van der Waals surface area contributed by atoms with Gasteiger partial charge in [-0.3, -0.25) is 4.79 Å². The molecule has 0 aromatic heterocycles. The van der Waals surface area contributed by atoms with E-state index < -0.39 is 5.72 Å². The number of nitrogens with zero attached hydrogens (tertiary/aromatic N) is 1. The van der Waals surface area contributed by atoms with Crippen LogP contribution < -0.4 is 4.74 Å². The average molecular weight is 372 g/mol. The molecule has 1 aromatic carbocycles. The van der Waals surface area contributed by atoms with Gasteiger partial charge in [0.15, 0.2) is 5.72 Å². The van der Waals surface area contributed by atoms with E-state index in [1.807, 2.05) is 32.0 Å². The third kappa shape index (κ3) is 2.70. The van der Waals surface area contributed by atoms with E-state index in [0.29, 0.717) is 17.2 Å². The molecule has 0 N–H and O–H groups in total. The van der Waals surface area contributed by atoms with Crippen LogP contribution in [0.4, 0.5) is 0 Å². The number of ketones is 1. The van der Waals surface area contributed by atoms with Gasteiger partial charge in [-0.25, -0.2) is 4.99 Å². The quantitative estimate of drug-likeness (QED) is 0.710. The maximum atomic E-state index is 13.5. The van der Waals surface area contributed by atoms with Crippen molar-refractivity contribution in [3.63, 3.8) is 0 Å². The number of aliphatic imine (C=N–C) groups is 1. The van der Waals surface area contributed by atoms with E-state index in [1.165, 1.54) is 19.3 Å². The molecule has 6 rings (SSSR count). The fourth-order valence-electron chi connectivity index (χ4n) is 6.42. The highest BCUT2D eigenvalue weighted by Gasteiger charge is 2.54. The van der Waals surface area contributed by atoms with Crippen LogP contribution in [0.3, 0.4) is 0 Å². The number of fused-ring (bicyclic) bond motifs is 1. The third-order valence-electron chi connectivity index (χ3n) is 6.98. The fraction of sp³-hybridized carbons (Fsp3) is 0.636. The Morgan fingerprint density at radius 1 is 1.15 bits per heavy atom. The van der Waals surface area contributed by atoms with Crippen molar-refractivity contribution in [3.8, 4) is 5.75 Å². The molecule has 4 aliphatic carbocycles. The fourth-order valence-corrected chi connectivity index (χ4v) is 6.58. The lowest BCUT2D eigenvalue weighted by Crippen LogP contribution is -2.50. The van der Waals surface area contributed by atoms with Crippen molar-refractivity contribution >= 4 is 23.1 Å². The average Bonchev–Trinajstić information content (AvgIpc) is 2.51. The molecule has 4 fully saturated rings. The third-order valence-corrected chi connectivity index (χ3v) is 7.21. The van der Waals surface area contributed by atoms with Crippen LogP contribution in [0.15, 0.2) is 23.2 Å². The molecular weight excluding hydrogens is 346 g/mol. The highest BCUT2D eigenvalue weighted by Crippen LogP contribution is 2.60. The van der Waals surface area contributed by atoms with E-state index in [2.05, 4.69) is 0 Å². The minimum absolute atomic E-state index is 0.0771. The number of benzene rings is 1. The van der Waals surface area contributed by atoms with Crippen molar-refractivity contribution in [1.29, 1.82) is 0 Å². The van der Waals surface area contributed by atoms with E-state index in [4.69, 9.17) is 21.3 Å². The molecule has 4 bridgehead atoms. The molecule has 138 valence electrons. The van der Waals surface area contributed by atoms with Crippen molar-refractivity contribution in [3.05, 3.63) is 28.8 Å². The van der Waals surface area contributed by atoms with Crippen molar-refractivity contribution in [2.24, 2.45) is 28.2 Å². The summed E-state index contributed by atoms with van der Waals surface area (Å²) < 4.78 is 5.98. The standard InChI is InChI=1S/C22H26ClNO2/c1-21(2)24-18(17-4-3-16(23)8-19(17)26-21)9-20(25)22-10-13-5-14(11-22)7-15(6-13)12-22/h3-4,8,13-15H,5-7,9-12H2,1-2H3. The zero-order valence-corrected chi connectivity index (χ0v) is 16.3. The van der Waals surface area contributed by atoms with Gasteiger partial charge in [0.05, 0.1) is 5.71 Å². The van der Waals surface area contributed by atoms with Crippen LogP contribution in [0.1, 0.15) is 64.4 Å². The summed E-state index contributed by atoms with van der Waals surface area (Å²) in [6.45, 7) is 3.87. The van der Waals surface area contributed by atoms with Gasteiger partial charge < -0.3 is 4.74 Å². The van der Waals surface area contributed by atoms with Gasteiger partial charge in [-0.05, 0) is 88.3 Å². The number of carbonyl (C=O) groups excluding carboxylic acids is 1. The van der Waals surface area contributed by atoms with Gasteiger partial charge >= 0.3 is 0 Å². The molecule has 26 heavy (non-hydrogen) atoms. The number of carbonyl (C=O) groups is 1. The van der Waals surface area contributed by atoms with Crippen LogP contribution in [0, 0.1) is 23.2 Å². The van der Waals surface area contributed by atoms with Crippen molar-refractivity contribution in [2.75, 3.05) is 0 Å². The lowest BCUT2D eigenvalue weighted by Gasteiger charge is -2.56. The van der Waals surface area contributed by atoms with Crippen LogP contribution in [-0.2, 0) is 4.79 Å². The number of rotatable bonds is 3. The van der Waals surface area contributed by atoms with E-state index in [1.54, 1.807) is 0 Å². The maximum absolute atomic E-state index is 13.5. The maximum Gasteiger partial charge on any atom is 0.194 e. The summed E-state index contributed by atoms with van der Waals surface area (Å²) in [7, 11) is 0. The largest absolute Gasteiger partial charge is 0.466 e. The lowest BCUT2D eigenvalue weighted by atomic mass is 9.48. The number of halogens is 1. The zero-order chi connectivity index (χ0) is 18.1. The molecule has 0 saturated heterocycles. The molecule has 0 amide bonds. The normalized spacial score (nSPS) is 36.3. The SMILES string of the molecule is CC1(C)N=C(CC(=O)C23CC4CC(CC(C4)C2)C3)c2ccc(Cl)cc2O1. The predicted molar refractivity (Wildman–Crippen MR) is 103 cm³/mol. The first-order valence-electron chi connectivity index (χ1n) is 9.93. The smallest absolute Gasteiger partial charge is 0.194 e.